The van der Waals surface area contributed by atoms with E-state index in [1.54, 1.807) is 0 Å². The maximum atomic E-state index is 5.69. The van der Waals surface area contributed by atoms with E-state index in [9.17, 15) is 0 Å². The minimum atomic E-state index is 0.658. The monoisotopic (exact) mass is 268 g/mol. The van der Waals surface area contributed by atoms with Crippen LogP contribution in [-0.4, -0.2) is 31.7 Å². The Kier molecular flexibility index (Phi) is 5.18. The van der Waals surface area contributed by atoms with E-state index in [-0.39, 0.29) is 0 Å². The predicted molar refractivity (Wildman–Crippen MR) is 76.8 cm³/mol. The lowest BCUT2D eigenvalue weighted by atomic mass is 10.0. The Morgan fingerprint density at radius 3 is 3.00 bits per heavy atom. The van der Waals surface area contributed by atoms with Gasteiger partial charge < -0.3 is 15.4 Å². The Balaban J connectivity index is 1.85. The highest BCUT2D eigenvalue weighted by Crippen LogP contribution is 2.23. The largest absolute Gasteiger partial charge is 0.381 e. The third-order valence-electron chi connectivity index (χ3n) is 3.54. The molecule has 0 spiro atoms. The highest BCUT2D eigenvalue weighted by Gasteiger charge is 2.16. The van der Waals surface area contributed by atoms with Crippen LogP contribution < -0.4 is 5.73 Å². The van der Waals surface area contributed by atoms with Crippen LogP contribution >= 0.6 is 11.3 Å². The van der Waals surface area contributed by atoms with Crippen molar-refractivity contribution >= 4 is 11.3 Å². The maximum absolute atomic E-state index is 5.69. The van der Waals surface area contributed by atoms with Crippen molar-refractivity contribution < 1.29 is 4.74 Å². The Morgan fingerprint density at radius 1 is 1.56 bits per heavy atom. The average molecular weight is 268 g/mol. The molecule has 102 valence electrons. The normalized spacial score (nSPS) is 20.6. The number of aryl methyl sites for hydroxylation is 1. The van der Waals surface area contributed by atoms with Gasteiger partial charge in [-0.3, -0.25) is 0 Å². The summed E-state index contributed by atoms with van der Waals surface area (Å²) in [5.74, 6) is 0.705. The summed E-state index contributed by atoms with van der Waals surface area (Å²) in [5, 5.41) is 0. The second-order valence-electron chi connectivity index (χ2n) is 5.28. The molecule has 1 fully saturated rings. The summed E-state index contributed by atoms with van der Waals surface area (Å²) in [6.45, 7) is 6.89. The molecular weight excluding hydrogens is 244 g/mol. The third-order valence-corrected chi connectivity index (χ3v) is 4.65. The summed E-state index contributed by atoms with van der Waals surface area (Å²) in [6, 6.07) is 2.26. The molecule has 0 radical (unpaired) electrons. The van der Waals surface area contributed by atoms with Crippen LogP contribution in [0.15, 0.2) is 6.07 Å². The van der Waals surface area contributed by atoms with E-state index >= 15 is 0 Å². The first-order valence-electron chi connectivity index (χ1n) is 6.73. The molecule has 18 heavy (non-hydrogen) atoms. The first-order valence-corrected chi connectivity index (χ1v) is 7.55. The third kappa shape index (κ3) is 3.79. The minimum Gasteiger partial charge on any atom is -0.381 e. The topological polar surface area (TPSA) is 38.5 Å². The van der Waals surface area contributed by atoms with E-state index < -0.39 is 0 Å². The van der Waals surface area contributed by atoms with Crippen molar-refractivity contribution in [1.82, 2.24) is 4.90 Å². The van der Waals surface area contributed by atoms with Gasteiger partial charge in [-0.05, 0) is 44.4 Å². The molecule has 1 atom stereocenters. The number of ether oxygens (including phenoxy) is 1. The zero-order valence-corrected chi connectivity index (χ0v) is 12.3. The zero-order chi connectivity index (χ0) is 13.0. The van der Waals surface area contributed by atoms with E-state index in [1.807, 2.05) is 11.3 Å². The smallest absolute Gasteiger partial charge is 0.0506 e. The maximum Gasteiger partial charge on any atom is 0.0506 e. The predicted octanol–water partition coefficient (Wildman–Crippen LogP) is 2.37. The van der Waals surface area contributed by atoms with Crippen molar-refractivity contribution in [3.05, 3.63) is 21.4 Å². The molecule has 1 saturated heterocycles. The quantitative estimate of drug-likeness (QED) is 0.891. The van der Waals surface area contributed by atoms with Gasteiger partial charge in [-0.2, -0.15) is 0 Å². The van der Waals surface area contributed by atoms with Gasteiger partial charge in [-0.15, -0.1) is 11.3 Å². The summed E-state index contributed by atoms with van der Waals surface area (Å²) in [5.41, 5.74) is 7.12. The first-order chi connectivity index (χ1) is 8.69. The Labute approximate surface area is 114 Å². The molecule has 1 aliphatic rings. The fourth-order valence-corrected chi connectivity index (χ4v) is 3.53. The van der Waals surface area contributed by atoms with Crippen LogP contribution in [0.3, 0.4) is 0 Å². The molecule has 2 N–H and O–H groups in total. The van der Waals surface area contributed by atoms with Crippen LogP contribution in [-0.2, 0) is 17.8 Å². The summed E-state index contributed by atoms with van der Waals surface area (Å²) < 4.78 is 5.54. The number of nitrogens with two attached hydrogens (primary N) is 1. The molecule has 0 bridgehead atoms. The standard InChI is InChI=1S/C14H24N2OS/c1-11-13(6-14(7-15)18-11)9-16(2)8-12-4-3-5-17-10-12/h6,12H,3-5,7-10,15H2,1-2H3. The van der Waals surface area contributed by atoms with Gasteiger partial charge >= 0.3 is 0 Å². The van der Waals surface area contributed by atoms with Crippen molar-refractivity contribution in [2.45, 2.75) is 32.9 Å². The SMILES string of the molecule is Cc1sc(CN)cc1CN(C)CC1CCCOC1. The van der Waals surface area contributed by atoms with E-state index in [0.717, 1.165) is 26.3 Å². The molecule has 1 aromatic rings. The van der Waals surface area contributed by atoms with Gasteiger partial charge in [0.2, 0.25) is 0 Å². The van der Waals surface area contributed by atoms with Crippen LogP contribution in [0.25, 0.3) is 0 Å². The van der Waals surface area contributed by atoms with E-state index in [2.05, 4.69) is 24.9 Å². The second kappa shape index (κ2) is 6.66. The molecule has 1 aliphatic heterocycles. The Hall–Kier alpha value is -0.420. The number of rotatable bonds is 5. The van der Waals surface area contributed by atoms with Gasteiger partial charge in [0, 0.05) is 36.0 Å². The fourth-order valence-electron chi connectivity index (χ4n) is 2.59. The van der Waals surface area contributed by atoms with Crippen LogP contribution in [0.5, 0.6) is 0 Å². The summed E-state index contributed by atoms with van der Waals surface area (Å²) in [4.78, 5) is 5.11. The summed E-state index contributed by atoms with van der Waals surface area (Å²) in [6.07, 6.45) is 2.52. The Morgan fingerprint density at radius 2 is 2.39 bits per heavy atom. The molecule has 0 amide bonds. The molecule has 0 saturated carbocycles. The lowest BCUT2D eigenvalue weighted by molar-refractivity contribution is 0.0411. The van der Waals surface area contributed by atoms with E-state index in [4.69, 9.17) is 10.5 Å². The van der Waals surface area contributed by atoms with Gasteiger partial charge in [-0.25, -0.2) is 0 Å². The highest BCUT2D eigenvalue weighted by atomic mass is 32.1. The number of hydrogen-bond donors (Lipinski definition) is 1. The lowest BCUT2D eigenvalue weighted by Crippen LogP contribution is -2.30. The van der Waals surface area contributed by atoms with Crippen LogP contribution in [0.4, 0.5) is 0 Å². The molecule has 3 nitrogen and oxygen atoms in total. The number of hydrogen-bond acceptors (Lipinski definition) is 4. The number of nitrogens with zero attached hydrogens (tertiary/aromatic N) is 1. The first kappa shape index (κ1) is 14.0. The molecule has 2 rings (SSSR count). The fraction of sp³-hybridized carbons (Fsp3) is 0.714. The number of thiophene rings is 1. The summed E-state index contributed by atoms with van der Waals surface area (Å²) >= 11 is 1.83. The van der Waals surface area contributed by atoms with E-state index in [1.165, 1.54) is 28.2 Å². The molecule has 0 aliphatic carbocycles. The van der Waals surface area contributed by atoms with Gasteiger partial charge in [0.25, 0.3) is 0 Å². The summed E-state index contributed by atoms with van der Waals surface area (Å²) in [7, 11) is 2.20. The van der Waals surface area contributed by atoms with Crippen LogP contribution in [0.2, 0.25) is 0 Å². The lowest BCUT2D eigenvalue weighted by Gasteiger charge is -2.27. The second-order valence-corrected chi connectivity index (χ2v) is 6.62. The highest BCUT2D eigenvalue weighted by molar-refractivity contribution is 7.12. The van der Waals surface area contributed by atoms with Gasteiger partial charge in [0.15, 0.2) is 0 Å². The van der Waals surface area contributed by atoms with Crippen molar-refractivity contribution in [1.29, 1.82) is 0 Å². The molecule has 1 unspecified atom stereocenters. The van der Waals surface area contributed by atoms with Gasteiger partial charge in [-0.1, -0.05) is 0 Å². The molecular formula is C14H24N2OS. The molecule has 4 heteroatoms. The van der Waals surface area contributed by atoms with Gasteiger partial charge in [0.05, 0.1) is 6.61 Å². The minimum absolute atomic E-state index is 0.658. The van der Waals surface area contributed by atoms with Crippen molar-refractivity contribution in [2.24, 2.45) is 11.7 Å². The van der Waals surface area contributed by atoms with Crippen molar-refractivity contribution in [2.75, 3.05) is 26.8 Å². The molecule has 1 aromatic heterocycles. The van der Waals surface area contributed by atoms with Crippen molar-refractivity contribution in [3.8, 4) is 0 Å². The average Bonchev–Trinajstić information content (AvgIpc) is 2.71. The zero-order valence-electron chi connectivity index (χ0n) is 11.4. The molecule has 2 heterocycles. The van der Waals surface area contributed by atoms with Crippen LogP contribution in [0, 0.1) is 12.8 Å². The van der Waals surface area contributed by atoms with Gasteiger partial charge in [0.1, 0.15) is 0 Å². The van der Waals surface area contributed by atoms with E-state index in [0.29, 0.717) is 12.5 Å². The van der Waals surface area contributed by atoms with Crippen molar-refractivity contribution in [3.63, 3.8) is 0 Å². The molecule has 0 aromatic carbocycles. The van der Waals surface area contributed by atoms with Crippen LogP contribution in [0.1, 0.15) is 28.2 Å². The Bertz CT molecular complexity index is 372.